The van der Waals surface area contributed by atoms with Gasteiger partial charge in [-0.2, -0.15) is 0 Å². The number of hydrogen-bond donors (Lipinski definition) is 2. The summed E-state index contributed by atoms with van der Waals surface area (Å²) in [6, 6.07) is 3.04. The van der Waals surface area contributed by atoms with Crippen LogP contribution in [0.2, 0.25) is 15.1 Å². The zero-order chi connectivity index (χ0) is 15.0. The van der Waals surface area contributed by atoms with E-state index in [1.165, 1.54) is 12.1 Å². The summed E-state index contributed by atoms with van der Waals surface area (Å²) in [6.45, 7) is 7.11. The number of carbonyl (C=O) groups is 1. The Morgan fingerprint density at radius 1 is 1.11 bits per heavy atom. The number of nitrogens with two attached hydrogens (primary N) is 1. The molecule has 0 aliphatic rings. The first-order chi connectivity index (χ1) is 8.46. The van der Waals surface area contributed by atoms with Crippen molar-refractivity contribution in [3.63, 3.8) is 0 Å². The van der Waals surface area contributed by atoms with Crippen LogP contribution in [0.4, 0.5) is 5.69 Å². The second-order valence-corrected chi connectivity index (χ2v) is 6.80. The van der Waals surface area contributed by atoms with Crippen molar-refractivity contribution in [3.05, 3.63) is 27.2 Å². The molecule has 0 unspecified atom stereocenters. The van der Waals surface area contributed by atoms with Crippen LogP contribution in [0.1, 0.15) is 27.7 Å². The van der Waals surface area contributed by atoms with Crippen LogP contribution in [0.15, 0.2) is 12.1 Å². The number of rotatable bonds is 3. The van der Waals surface area contributed by atoms with Crippen LogP contribution in [0.25, 0.3) is 0 Å². The molecule has 0 aliphatic heterocycles. The van der Waals surface area contributed by atoms with Gasteiger partial charge in [0.25, 0.3) is 0 Å². The first-order valence-electron chi connectivity index (χ1n) is 5.71. The molecule has 0 radical (unpaired) electrons. The second kappa shape index (κ2) is 5.49. The van der Waals surface area contributed by atoms with E-state index in [-0.39, 0.29) is 16.0 Å². The van der Waals surface area contributed by atoms with Gasteiger partial charge in [-0.1, -0.05) is 34.8 Å². The lowest BCUT2D eigenvalue weighted by Gasteiger charge is -2.37. The molecule has 0 spiro atoms. The Kier molecular flexibility index (Phi) is 4.79. The van der Waals surface area contributed by atoms with Gasteiger partial charge in [0, 0.05) is 10.6 Å². The Morgan fingerprint density at radius 3 is 1.89 bits per heavy atom. The largest absolute Gasteiger partial charge is 0.325 e. The van der Waals surface area contributed by atoms with Crippen molar-refractivity contribution < 1.29 is 4.79 Å². The van der Waals surface area contributed by atoms with Gasteiger partial charge in [0.2, 0.25) is 5.91 Å². The Labute approximate surface area is 128 Å². The smallest absolute Gasteiger partial charge is 0.231 e. The van der Waals surface area contributed by atoms with Crippen LogP contribution in [-0.4, -0.2) is 11.4 Å². The molecule has 0 saturated carbocycles. The summed E-state index contributed by atoms with van der Waals surface area (Å²) < 4.78 is 0. The Morgan fingerprint density at radius 2 is 1.53 bits per heavy atom. The lowest BCUT2D eigenvalue weighted by molar-refractivity contribution is -0.126. The van der Waals surface area contributed by atoms with Crippen molar-refractivity contribution in [2.75, 3.05) is 5.32 Å². The van der Waals surface area contributed by atoms with Crippen molar-refractivity contribution in [3.8, 4) is 0 Å². The van der Waals surface area contributed by atoms with E-state index in [4.69, 9.17) is 40.5 Å². The summed E-state index contributed by atoms with van der Waals surface area (Å²) in [5.41, 5.74) is 4.88. The lowest BCUT2D eigenvalue weighted by Crippen LogP contribution is -2.53. The molecule has 0 aromatic heterocycles. The summed E-state index contributed by atoms with van der Waals surface area (Å²) in [4.78, 5) is 12.3. The van der Waals surface area contributed by atoms with Crippen LogP contribution in [0, 0.1) is 5.41 Å². The average Bonchev–Trinajstić information content (AvgIpc) is 2.21. The highest BCUT2D eigenvalue weighted by Gasteiger charge is 2.40. The van der Waals surface area contributed by atoms with E-state index in [1.807, 2.05) is 0 Å². The van der Waals surface area contributed by atoms with E-state index < -0.39 is 11.0 Å². The number of nitrogens with one attached hydrogen (secondary N) is 1. The lowest BCUT2D eigenvalue weighted by atomic mass is 9.74. The SMILES string of the molecule is CC(C)(N)C(C)(C)C(=O)Nc1c(Cl)cc(Cl)cc1Cl. The highest BCUT2D eigenvalue weighted by atomic mass is 35.5. The Bertz CT molecular complexity index is 484. The highest BCUT2D eigenvalue weighted by molar-refractivity contribution is 6.42. The van der Waals surface area contributed by atoms with Gasteiger partial charge >= 0.3 is 0 Å². The maximum Gasteiger partial charge on any atom is 0.231 e. The normalized spacial score (nSPS) is 12.4. The third kappa shape index (κ3) is 3.54. The zero-order valence-corrected chi connectivity index (χ0v) is 13.5. The topological polar surface area (TPSA) is 55.1 Å². The molecule has 3 N–H and O–H groups in total. The van der Waals surface area contributed by atoms with E-state index in [2.05, 4.69) is 5.32 Å². The molecule has 0 atom stereocenters. The maximum atomic E-state index is 12.3. The fraction of sp³-hybridized carbons (Fsp3) is 0.462. The van der Waals surface area contributed by atoms with Crippen molar-refractivity contribution in [1.29, 1.82) is 0 Å². The number of benzene rings is 1. The molecular formula is C13H17Cl3N2O. The van der Waals surface area contributed by atoms with Crippen LogP contribution in [-0.2, 0) is 4.79 Å². The number of hydrogen-bond acceptors (Lipinski definition) is 2. The standard InChI is InChI=1S/C13H17Cl3N2O/c1-12(2,13(3,4)17)11(19)18-10-8(15)5-7(14)6-9(10)16/h5-6H,17H2,1-4H3,(H,18,19). The first-order valence-corrected chi connectivity index (χ1v) is 6.85. The van der Waals surface area contributed by atoms with Crippen molar-refractivity contribution in [2.24, 2.45) is 11.1 Å². The monoisotopic (exact) mass is 322 g/mol. The minimum atomic E-state index is -0.792. The molecule has 106 valence electrons. The summed E-state index contributed by atoms with van der Waals surface area (Å²) in [6.07, 6.45) is 0. The molecule has 6 heteroatoms. The quantitative estimate of drug-likeness (QED) is 0.869. The third-order valence-corrected chi connectivity index (χ3v) is 4.24. The van der Waals surface area contributed by atoms with Crippen LogP contribution < -0.4 is 11.1 Å². The fourth-order valence-corrected chi connectivity index (χ4v) is 2.14. The van der Waals surface area contributed by atoms with E-state index in [1.54, 1.807) is 27.7 Å². The maximum absolute atomic E-state index is 12.3. The minimum absolute atomic E-state index is 0.258. The van der Waals surface area contributed by atoms with Gasteiger partial charge in [-0.05, 0) is 39.8 Å². The number of carbonyl (C=O) groups excluding carboxylic acids is 1. The molecule has 0 heterocycles. The molecule has 1 aromatic rings. The third-order valence-electron chi connectivity index (χ3n) is 3.42. The molecule has 3 nitrogen and oxygen atoms in total. The summed E-state index contributed by atoms with van der Waals surface area (Å²) in [5.74, 6) is -0.258. The molecule has 0 fully saturated rings. The van der Waals surface area contributed by atoms with Crippen LogP contribution >= 0.6 is 34.8 Å². The van der Waals surface area contributed by atoms with E-state index >= 15 is 0 Å². The molecule has 0 bridgehead atoms. The Balaban J connectivity index is 3.08. The summed E-state index contributed by atoms with van der Waals surface area (Å²) in [5, 5.41) is 3.70. The van der Waals surface area contributed by atoms with E-state index in [9.17, 15) is 4.79 Å². The van der Waals surface area contributed by atoms with Gasteiger partial charge < -0.3 is 11.1 Å². The molecule has 1 aromatic carbocycles. The zero-order valence-electron chi connectivity index (χ0n) is 11.3. The number of halogens is 3. The van der Waals surface area contributed by atoms with E-state index in [0.717, 1.165) is 0 Å². The first kappa shape index (κ1) is 16.6. The molecule has 0 aliphatic carbocycles. The summed E-state index contributed by atoms with van der Waals surface area (Å²) in [7, 11) is 0. The predicted molar refractivity (Wildman–Crippen MR) is 82.1 cm³/mol. The van der Waals surface area contributed by atoms with E-state index in [0.29, 0.717) is 10.7 Å². The fourth-order valence-electron chi connectivity index (χ4n) is 1.22. The second-order valence-electron chi connectivity index (χ2n) is 5.55. The van der Waals surface area contributed by atoms with Crippen LogP contribution in [0.5, 0.6) is 0 Å². The molecule has 1 rings (SSSR count). The predicted octanol–water partition coefficient (Wildman–Crippen LogP) is 4.35. The minimum Gasteiger partial charge on any atom is -0.325 e. The van der Waals surface area contributed by atoms with Gasteiger partial charge in [-0.25, -0.2) is 0 Å². The van der Waals surface area contributed by atoms with Crippen molar-refractivity contribution in [2.45, 2.75) is 33.2 Å². The number of amides is 1. The van der Waals surface area contributed by atoms with Gasteiger partial charge in [0.05, 0.1) is 21.1 Å². The van der Waals surface area contributed by atoms with Crippen LogP contribution in [0.3, 0.4) is 0 Å². The average molecular weight is 324 g/mol. The van der Waals surface area contributed by atoms with Crippen molar-refractivity contribution in [1.82, 2.24) is 0 Å². The van der Waals surface area contributed by atoms with Gasteiger partial charge in [0.15, 0.2) is 0 Å². The molecule has 1 amide bonds. The summed E-state index contributed by atoms with van der Waals surface area (Å²) >= 11 is 17.9. The Hall–Kier alpha value is -0.480. The molecule has 0 saturated heterocycles. The van der Waals surface area contributed by atoms with Gasteiger partial charge in [-0.15, -0.1) is 0 Å². The molecule has 19 heavy (non-hydrogen) atoms. The highest BCUT2D eigenvalue weighted by Crippen LogP contribution is 2.36. The number of anilines is 1. The molecular weight excluding hydrogens is 307 g/mol. The van der Waals surface area contributed by atoms with Gasteiger partial charge in [0.1, 0.15) is 0 Å². The van der Waals surface area contributed by atoms with Gasteiger partial charge in [-0.3, -0.25) is 4.79 Å². The van der Waals surface area contributed by atoms with Crippen molar-refractivity contribution >= 4 is 46.4 Å².